The Bertz CT molecular complexity index is 405. The minimum Gasteiger partial charge on any atom is -0.449 e. The van der Waals surface area contributed by atoms with Gasteiger partial charge in [0, 0.05) is 4.47 Å². The number of nitrogens with one attached hydrogen (secondary N) is 1. The van der Waals surface area contributed by atoms with Crippen LogP contribution in [0.4, 0.5) is 4.79 Å². The van der Waals surface area contributed by atoms with Crippen molar-refractivity contribution in [3.8, 4) is 0 Å². The van der Waals surface area contributed by atoms with Gasteiger partial charge in [0.05, 0.1) is 12.3 Å². The first-order valence-electron chi connectivity index (χ1n) is 4.86. The first kappa shape index (κ1) is 12.7. The molecule has 5 heteroatoms. The number of halogens is 1. The van der Waals surface area contributed by atoms with Gasteiger partial charge in [-0.3, -0.25) is 0 Å². The Kier molecular flexibility index (Phi) is 4.98. The van der Waals surface area contributed by atoms with E-state index >= 15 is 0 Å². The second kappa shape index (κ2) is 6.27. The van der Waals surface area contributed by atoms with E-state index in [-0.39, 0.29) is 0 Å². The molecule has 86 valence electrons. The van der Waals surface area contributed by atoms with Gasteiger partial charge in [-0.15, -0.1) is 0 Å². The van der Waals surface area contributed by atoms with Gasteiger partial charge in [-0.05, 0) is 31.5 Å². The van der Waals surface area contributed by atoms with Crippen molar-refractivity contribution in [2.45, 2.75) is 13.8 Å². The minimum absolute atomic E-state index is 0.331. The predicted molar refractivity (Wildman–Crippen MR) is 66.5 cm³/mol. The fraction of sp³-hybridized carbons (Fsp3) is 0.273. The molecule has 0 spiro atoms. The number of hydrogen-bond acceptors (Lipinski definition) is 3. The van der Waals surface area contributed by atoms with Crippen molar-refractivity contribution in [2.75, 3.05) is 6.61 Å². The molecule has 0 fully saturated rings. The van der Waals surface area contributed by atoms with Crippen LogP contribution in [0.3, 0.4) is 0 Å². The number of benzene rings is 1. The van der Waals surface area contributed by atoms with Crippen molar-refractivity contribution in [3.63, 3.8) is 0 Å². The normalized spacial score (nSPS) is 11.1. The molecule has 0 aliphatic rings. The van der Waals surface area contributed by atoms with E-state index in [1.54, 1.807) is 6.92 Å². The van der Waals surface area contributed by atoms with Crippen LogP contribution in [-0.2, 0) is 4.74 Å². The highest BCUT2D eigenvalue weighted by molar-refractivity contribution is 9.10. The van der Waals surface area contributed by atoms with Crippen LogP contribution in [-0.4, -0.2) is 18.4 Å². The molecule has 0 aliphatic heterocycles. The van der Waals surface area contributed by atoms with Crippen LogP contribution in [0.5, 0.6) is 0 Å². The van der Waals surface area contributed by atoms with Crippen LogP contribution in [0.25, 0.3) is 0 Å². The van der Waals surface area contributed by atoms with Crippen molar-refractivity contribution in [1.29, 1.82) is 0 Å². The molecular formula is C11H13BrN2O2. The van der Waals surface area contributed by atoms with Crippen molar-refractivity contribution < 1.29 is 9.53 Å². The molecule has 0 aromatic heterocycles. The lowest BCUT2D eigenvalue weighted by atomic mass is 10.1. The lowest BCUT2D eigenvalue weighted by Crippen LogP contribution is -2.20. The number of hydrogen-bond donors (Lipinski definition) is 1. The van der Waals surface area contributed by atoms with E-state index in [0.717, 1.165) is 10.0 Å². The first-order chi connectivity index (χ1) is 7.63. The number of amides is 1. The van der Waals surface area contributed by atoms with Crippen molar-refractivity contribution in [1.82, 2.24) is 5.43 Å². The summed E-state index contributed by atoms with van der Waals surface area (Å²) in [6, 6.07) is 7.67. The molecule has 1 N–H and O–H groups in total. The largest absolute Gasteiger partial charge is 0.449 e. The Labute approximate surface area is 103 Å². The Morgan fingerprint density at radius 1 is 1.56 bits per heavy atom. The third-order valence-corrected chi connectivity index (χ3v) is 2.33. The van der Waals surface area contributed by atoms with Gasteiger partial charge in [-0.1, -0.05) is 28.1 Å². The average molecular weight is 285 g/mol. The van der Waals surface area contributed by atoms with E-state index in [2.05, 4.69) is 31.2 Å². The minimum atomic E-state index is -0.545. The molecule has 1 amide bonds. The average Bonchev–Trinajstić information content (AvgIpc) is 2.26. The Morgan fingerprint density at radius 3 is 2.94 bits per heavy atom. The van der Waals surface area contributed by atoms with Crippen LogP contribution in [0, 0.1) is 0 Å². The molecule has 0 saturated carbocycles. The SMILES string of the molecule is CCOC(=O)NN=C(C)c1cccc(Br)c1. The smallest absolute Gasteiger partial charge is 0.427 e. The van der Waals surface area contributed by atoms with Crippen molar-refractivity contribution >= 4 is 27.7 Å². The summed E-state index contributed by atoms with van der Waals surface area (Å²) in [7, 11) is 0. The summed E-state index contributed by atoms with van der Waals surface area (Å²) in [6.07, 6.45) is -0.545. The van der Waals surface area contributed by atoms with Crippen LogP contribution in [0.1, 0.15) is 19.4 Å². The van der Waals surface area contributed by atoms with Gasteiger partial charge in [0.1, 0.15) is 0 Å². The number of ether oxygens (including phenoxy) is 1. The standard InChI is InChI=1S/C11H13BrN2O2/c1-3-16-11(15)14-13-8(2)9-5-4-6-10(12)7-9/h4-7H,3H2,1-2H3,(H,14,15). The maximum atomic E-state index is 11.0. The van der Waals surface area contributed by atoms with Gasteiger partial charge >= 0.3 is 6.09 Å². The maximum absolute atomic E-state index is 11.0. The van der Waals surface area contributed by atoms with Gasteiger partial charge in [-0.25, -0.2) is 10.2 Å². The highest BCUT2D eigenvalue weighted by Gasteiger charge is 2.00. The monoisotopic (exact) mass is 284 g/mol. The molecule has 0 radical (unpaired) electrons. The van der Waals surface area contributed by atoms with Crippen LogP contribution in [0.2, 0.25) is 0 Å². The molecule has 0 unspecified atom stereocenters. The third kappa shape index (κ3) is 4.02. The second-order valence-electron chi connectivity index (χ2n) is 3.04. The van der Waals surface area contributed by atoms with E-state index in [4.69, 9.17) is 0 Å². The maximum Gasteiger partial charge on any atom is 0.427 e. The molecule has 0 bridgehead atoms. The quantitative estimate of drug-likeness (QED) is 0.685. The molecule has 4 nitrogen and oxygen atoms in total. The number of carbonyl (C=O) groups is 1. The lowest BCUT2D eigenvalue weighted by Gasteiger charge is -2.03. The number of carbonyl (C=O) groups excluding carboxylic acids is 1. The predicted octanol–water partition coefficient (Wildman–Crippen LogP) is 2.92. The van der Waals surface area contributed by atoms with Crippen LogP contribution >= 0.6 is 15.9 Å². The van der Waals surface area contributed by atoms with Gasteiger partial charge in [-0.2, -0.15) is 5.10 Å². The highest BCUT2D eigenvalue weighted by atomic mass is 79.9. The molecule has 16 heavy (non-hydrogen) atoms. The second-order valence-corrected chi connectivity index (χ2v) is 3.96. The van der Waals surface area contributed by atoms with Crippen molar-refractivity contribution in [3.05, 3.63) is 34.3 Å². The fourth-order valence-electron chi connectivity index (χ4n) is 1.07. The molecule has 0 aliphatic carbocycles. The summed E-state index contributed by atoms with van der Waals surface area (Å²) in [4.78, 5) is 11.0. The van der Waals surface area contributed by atoms with Crippen LogP contribution in [0.15, 0.2) is 33.8 Å². The van der Waals surface area contributed by atoms with Gasteiger partial charge in [0.15, 0.2) is 0 Å². The summed E-state index contributed by atoms with van der Waals surface area (Å²) in [5.41, 5.74) is 3.97. The zero-order valence-corrected chi connectivity index (χ0v) is 10.7. The molecule has 1 aromatic rings. The summed E-state index contributed by atoms with van der Waals surface area (Å²) in [5, 5.41) is 3.93. The third-order valence-electron chi connectivity index (χ3n) is 1.83. The van der Waals surface area contributed by atoms with E-state index in [0.29, 0.717) is 12.3 Å². The molecule has 0 atom stereocenters. The number of rotatable bonds is 3. The van der Waals surface area contributed by atoms with Gasteiger partial charge < -0.3 is 4.74 Å². The summed E-state index contributed by atoms with van der Waals surface area (Å²) < 4.78 is 5.65. The van der Waals surface area contributed by atoms with E-state index in [1.807, 2.05) is 31.2 Å². The Morgan fingerprint density at radius 2 is 2.31 bits per heavy atom. The molecule has 1 aromatic carbocycles. The van der Waals surface area contributed by atoms with Crippen molar-refractivity contribution in [2.24, 2.45) is 5.10 Å². The molecule has 0 saturated heterocycles. The zero-order chi connectivity index (χ0) is 12.0. The summed E-state index contributed by atoms with van der Waals surface area (Å²) in [6.45, 7) is 3.88. The van der Waals surface area contributed by atoms with E-state index < -0.39 is 6.09 Å². The first-order valence-corrected chi connectivity index (χ1v) is 5.65. The number of nitrogens with zero attached hydrogens (tertiary/aromatic N) is 1. The summed E-state index contributed by atoms with van der Waals surface area (Å²) in [5.74, 6) is 0. The number of hydrazone groups is 1. The molecule has 1 rings (SSSR count). The Balaban J connectivity index is 2.67. The molecule has 0 heterocycles. The topological polar surface area (TPSA) is 50.7 Å². The fourth-order valence-corrected chi connectivity index (χ4v) is 1.47. The highest BCUT2D eigenvalue weighted by Crippen LogP contribution is 2.12. The van der Waals surface area contributed by atoms with E-state index in [1.165, 1.54) is 0 Å². The lowest BCUT2D eigenvalue weighted by molar-refractivity contribution is 0.152. The Hall–Kier alpha value is -1.36. The van der Waals surface area contributed by atoms with E-state index in [9.17, 15) is 4.79 Å². The summed E-state index contributed by atoms with van der Waals surface area (Å²) >= 11 is 3.37. The zero-order valence-electron chi connectivity index (χ0n) is 9.16. The van der Waals surface area contributed by atoms with Gasteiger partial charge in [0.25, 0.3) is 0 Å². The molecular weight excluding hydrogens is 272 g/mol. The van der Waals surface area contributed by atoms with Crippen LogP contribution < -0.4 is 5.43 Å². The van der Waals surface area contributed by atoms with Gasteiger partial charge in [0.2, 0.25) is 0 Å².